The standard InChI is InChI=1S/C47H44NOP.C32H12BF24.C8H12.Ir/c1-30-22-31(2)25-39(24-30)50(40-26-32(3)23-33(4)27-40)43-17-9-13-36-19-21-47(45(36)43)20-18-35-12-8-16-42(44(35)47)46-48-38(29-49-46)28-37-14-7-11-34-10-5-6-15-41(34)37;34-25(35,36)13-1-14(26(37,38)39)6-21(5-13)33(22-7-15(27(40,41)42)2-16(8-22)28(43,44)45,23-9-17(29(46,47)48)3-18(10-23)30(49,50)51)24-11-19(31(52,53)54)4-20(12-24)32(55,56)57;1-2-4-6-8-7-5-3-1;/h5-17,22-27,38H,18-21,28-29H2,1-4H3;1-12H;1-2,7-8H,3-6H2;/q;-1;;/t38-,47?;;;/m0.../s1. The fourth-order valence-corrected chi connectivity index (χ4v) is 19.4. The van der Waals surface area contributed by atoms with E-state index in [1.54, 1.807) is 5.56 Å². The van der Waals surface area contributed by atoms with Crippen LogP contribution in [-0.4, -0.2) is 24.7 Å². The summed E-state index contributed by atoms with van der Waals surface area (Å²) in [4.78, 5) is 5.34. The van der Waals surface area contributed by atoms with E-state index in [1.165, 1.54) is 102 Å². The van der Waals surface area contributed by atoms with Gasteiger partial charge in [-0.3, -0.25) is 0 Å². The Kier molecular flexibility index (Phi) is 25.3. The van der Waals surface area contributed by atoms with E-state index in [4.69, 9.17) is 9.73 Å². The molecule has 116 heavy (non-hydrogen) atoms. The molecule has 1 fully saturated rings. The zero-order chi connectivity index (χ0) is 83.6. The van der Waals surface area contributed by atoms with Gasteiger partial charge in [-0.25, -0.2) is 4.99 Å². The van der Waals surface area contributed by atoms with E-state index in [2.05, 4.69) is 169 Å². The molecule has 1 unspecified atom stereocenters. The Morgan fingerprint density at radius 3 is 1.07 bits per heavy atom. The SMILES string of the molecule is Cc1cc(C)cc(P(c2cc(C)cc(C)c2)c2cccc3c2C2(CCc4cccc(C5=N[C@@H](Cc6cccc7ccccc67)CO5)c42)CC3)c1.FC(F)(F)c1cc([B-](c2cc(C(F)(F)F)cc(C(F)(F)F)c2)(c2cc(C(F)(F)F)cc(C(F)(F)F)c2)c2cc(C(F)(F)F)cc(C(F)(F)F)c2)cc(C(F)(F)F)c1.[CH]1[CH]CC[CH][CH]CC1.[Ir]. The minimum atomic E-state index is -6.13. The van der Waals surface area contributed by atoms with Crippen molar-refractivity contribution in [2.24, 2.45) is 4.99 Å². The Morgan fingerprint density at radius 2 is 0.707 bits per heavy atom. The average Bonchev–Trinajstić information content (AvgIpc) is 1.23. The van der Waals surface area contributed by atoms with Crippen molar-refractivity contribution in [3.63, 3.8) is 0 Å². The second-order valence-corrected chi connectivity index (χ2v) is 31.5. The van der Waals surface area contributed by atoms with E-state index in [9.17, 15) is 105 Å². The predicted molar refractivity (Wildman–Crippen MR) is 398 cm³/mol. The second kappa shape index (κ2) is 33.3. The van der Waals surface area contributed by atoms with Gasteiger partial charge in [0.15, 0.2) is 0 Å². The third-order valence-electron chi connectivity index (χ3n) is 21.1. The van der Waals surface area contributed by atoms with E-state index in [0.29, 0.717) is 6.61 Å². The van der Waals surface area contributed by atoms with Gasteiger partial charge < -0.3 is 4.74 Å². The molecular weight excluding hydrogens is 1760 g/mol. The molecule has 1 aliphatic heterocycles. The fourth-order valence-electron chi connectivity index (χ4n) is 16.4. The Labute approximate surface area is 667 Å². The van der Waals surface area contributed by atoms with Crippen LogP contribution in [0.25, 0.3) is 10.8 Å². The third-order valence-corrected chi connectivity index (χ3v) is 23.5. The van der Waals surface area contributed by atoms with Gasteiger partial charge >= 0.3 is 49.4 Å². The molecule has 1 saturated carbocycles. The predicted octanol–water partition coefficient (Wildman–Crippen LogP) is 23.0. The maximum absolute atomic E-state index is 14.2. The topological polar surface area (TPSA) is 21.6 Å². The molecule has 0 N–H and O–H groups in total. The van der Waals surface area contributed by atoms with Crippen molar-refractivity contribution in [2.75, 3.05) is 6.61 Å². The molecular formula is C87H68BF24IrNOP-. The summed E-state index contributed by atoms with van der Waals surface area (Å²) in [5.74, 6) is 0.838. The summed E-state index contributed by atoms with van der Waals surface area (Å²) in [5.41, 5.74) is -16.3. The Balaban J connectivity index is 0.000000207. The maximum atomic E-state index is 14.2. The molecule has 29 heteroatoms. The van der Waals surface area contributed by atoms with Crippen molar-refractivity contribution in [2.45, 2.75) is 146 Å². The number of fused-ring (bicyclic) bond motifs is 5. The van der Waals surface area contributed by atoms with Gasteiger partial charge in [0.1, 0.15) is 12.8 Å². The van der Waals surface area contributed by atoms with Gasteiger partial charge in [-0.15, -0.1) is 0 Å². The third kappa shape index (κ3) is 19.1. The first-order chi connectivity index (χ1) is 53.6. The molecule has 2 atom stereocenters. The summed E-state index contributed by atoms with van der Waals surface area (Å²) in [5, 5.41) is 7.02. The van der Waals surface area contributed by atoms with E-state index < -0.39 is 203 Å². The van der Waals surface area contributed by atoms with Crippen molar-refractivity contribution in [1.82, 2.24) is 0 Å². The van der Waals surface area contributed by atoms with Crippen LogP contribution in [0.2, 0.25) is 0 Å². The number of hydrogen-bond donors (Lipinski definition) is 0. The number of aryl methyl sites for hydroxylation is 6. The number of nitrogens with zero attached hydrogens (tertiary/aromatic N) is 1. The largest absolute Gasteiger partial charge is 0.475 e. The molecule has 4 aliphatic rings. The molecule has 10 aromatic rings. The first-order valence-corrected chi connectivity index (χ1v) is 37.5. The van der Waals surface area contributed by atoms with Crippen molar-refractivity contribution in [3.8, 4) is 0 Å². The molecule has 5 radical (unpaired) electrons. The maximum Gasteiger partial charge on any atom is 0.416 e. The molecule has 0 bridgehead atoms. The fraction of sp³-hybridized carbons (Fsp3) is 0.276. The van der Waals surface area contributed by atoms with Crippen LogP contribution in [-0.2, 0) is 98.9 Å². The smallest absolute Gasteiger partial charge is 0.416 e. The summed E-state index contributed by atoms with van der Waals surface area (Å²) in [6, 6.07) is 35.1. The Bertz CT molecular complexity index is 4740. The summed E-state index contributed by atoms with van der Waals surface area (Å²) < 4.78 is 347. The van der Waals surface area contributed by atoms with Crippen LogP contribution in [0.3, 0.4) is 0 Å². The first kappa shape index (κ1) is 88.2. The van der Waals surface area contributed by atoms with Crippen LogP contribution in [0.15, 0.2) is 193 Å². The number of hydrogen-bond acceptors (Lipinski definition) is 2. The number of halogens is 24. The quantitative estimate of drug-likeness (QED) is 0.0760. The molecule has 0 aromatic heterocycles. The molecule has 1 spiro atoms. The molecule has 10 aromatic carbocycles. The van der Waals surface area contributed by atoms with Gasteiger partial charge in [-0.1, -0.05) is 180 Å². The van der Waals surface area contributed by atoms with Gasteiger partial charge in [0.2, 0.25) is 5.90 Å². The summed E-state index contributed by atoms with van der Waals surface area (Å²) >= 11 is 0. The molecule has 0 saturated heterocycles. The Hall–Kier alpha value is -8.61. The summed E-state index contributed by atoms with van der Waals surface area (Å²) in [6.45, 7) is 9.62. The van der Waals surface area contributed by atoms with Crippen LogP contribution >= 0.6 is 7.92 Å². The zero-order valence-electron chi connectivity index (χ0n) is 61.6. The van der Waals surface area contributed by atoms with Crippen LogP contribution in [0.1, 0.15) is 139 Å². The minimum absolute atomic E-state index is 0. The monoisotopic (exact) mass is 1830 g/mol. The van der Waals surface area contributed by atoms with E-state index >= 15 is 0 Å². The number of benzene rings is 10. The van der Waals surface area contributed by atoms with Crippen molar-refractivity contribution in [3.05, 3.63) is 314 Å². The minimum Gasteiger partial charge on any atom is -0.475 e. The second-order valence-electron chi connectivity index (χ2n) is 29.3. The zero-order valence-corrected chi connectivity index (χ0v) is 64.9. The van der Waals surface area contributed by atoms with Gasteiger partial charge in [0.25, 0.3) is 0 Å². The Morgan fingerprint density at radius 1 is 0.379 bits per heavy atom. The van der Waals surface area contributed by atoms with Crippen LogP contribution in [0, 0.1) is 53.4 Å². The molecule has 2 nitrogen and oxygen atoms in total. The van der Waals surface area contributed by atoms with Crippen molar-refractivity contribution in [1.29, 1.82) is 0 Å². The molecule has 14 rings (SSSR count). The first-order valence-electron chi connectivity index (χ1n) is 36.2. The average molecular weight is 1830 g/mol. The van der Waals surface area contributed by atoms with Crippen LogP contribution in [0.4, 0.5) is 105 Å². The number of alkyl halides is 24. The van der Waals surface area contributed by atoms with Crippen LogP contribution < -0.4 is 37.8 Å². The number of rotatable bonds is 10. The molecule has 0 amide bonds. The summed E-state index contributed by atoms with van der Waals surface area (Å²) in [6.07, 6.45) is -35.4. The molecule has 3 aliphatic carbocycles. The van der Waals surface area contributed by atoms with Gasteiger partial charge in [-0.2, -0.15) is 127 Å². The van der Waals surface area contributed by atoms with Crippen LogP contribution in [0.5, 0.6) is 0 Å². The van der Waals surface area contributed by atoms with Crippen molar-refractivity contribution >= 4 is 68.5 Å². The normalized spacial score (nSPS) is 17.0. The molecule has 1 heterocycles. The van der Waals surface area contributed by atoms with E-state index in [-0.39, 0.29) is 31.6 Å². The number of aliphatic imine (C=N–C) groups is 1. The number of ether oxygens (including phenoxy) is 1. The van der Waals surface area contributed by atoms with Gasteiger partial charge in [0.05, 0.1) is 50.5 Å². The van der Waals surface area contributed by atoms with Crippen molar-refractivity contribution < 1.29 is 130 Å². The van der Waals surface area contributed by atoms with Gasteiger partial charge in [-0.05, 0) is 204 Å². The van der Waals surface area contributed by atoms with E-state index in [0.717, 1.165) is 38.0 Å². The summed E-state index contributed by atoms with van der Waals surface area (Å²) in [7, 11) is -0.777. The van der Waals surface area contributed by atoms with Gasteiger partial charge in [0, 0.05) is 31.1 Å². The molecule has 613 valence electrons. The van der Waals surface area contributed by atoms with E-state index in [1.807, 2.05) is 0 Å².